The lowest BCUT2D eigenvalue weighted by Crippen LogP contribution is -2.42. The molecule has 1 aliphatic heterocycles. The van der Waals surface area contributed by atoms with Crippen LogP contribution in [0, 0.1) is 0 Å². The van der Waals surface area contributed by atoms with Crippen LogP contribution in [0.5, 0.6) is 0 Å². The molecule has 2 aromatic rings. The summed E-state index contributed by atoms with van der Waals surface area (Å²) in [6.45, 7) is 3.57. The lowest BCUT2D eigenvalue weighted by molar-refractivity contribution is -0.118. The van der Waals surface area contributed by atoms with Crippen LogP contribution in [0.2, 0.25) is 0 Å². The Morgan fingerprint density at radius 3 is 2.95 bits per heavy atom. The molecule has 6 heteroatoms. The third-order valence-electron chi connectivity index (χ3n) is 4.09. The maximum atomic E-state index is 12.1. The van der Waals surface area contributed by atoms with Crippen molar-refractivity contribution in [3.05, 3.63) is 28.7 Å². The smallest absolute Gasteiger partial charge is 0.323 e. The zero-order valence-corrected chi connectivity index (χ0v) is 12.1. The summed E-state index contributed by atoms with van der Waals surface area (Å²) in [4.78, 5) is 30.9. The Morgan fingerprint density at radius 2 is 2.14 bits per heavy atom. The minimum absolute atomic E-state index is 0.0130. The highest BCUT2D eigenvalue weighted by molar-refractivity contribution is 5.94. The van der Waals surface area contributed by atoms with Gasteiger partial charge in [-0.2, -0.15) is 0 Å². The molecule has 1 atom stereocenters. The van der Waals surface area contributed by atoms with Crippen LogP contribution in [0.3, 0.4) is 0 Å². The molecule has 21 heavy (non-hydrogen) atoms. The van der Waals surface area contributed by atoms with E-state index in [9.17, 15) is 9.59 Å². The van der Waals surface area contributed by atoms with Crippen molar-refractivity contribution < 1.29 is 4.79 Å². The molecule has 3 N–H and O–H groups in total. The number of piperidine rings is 1. The fourth-order valence-electron chi connectivity index (χ4n) is 2.89. The molecule has 1 unspecified atom stereocenters. The topological polar surface area (TPSA) is 81.0 Å². The first-order valence-corrected chi connectivity index (χ1v) is 7.38. The molecule has 3 rings (SSSR count). The van der Waals surface area contributed by atoms with E-state index in [-0.39, 0.29) is 11.6 Å². The van der Waals surface area contributed by atoms with Crippen molar-refractivity contribution in [1.29, 1.82) is 0 Å². The van der Waals surface area contributed by atoms with Gasteiger partial charge in [0.2, 0.25) is 5.91 Å². The number of H-pyrrole nitrogens is 2. The second-order valence-corrected chi connectivity index (χ2v) is 5.70. The minimum atomic E-state index is -0.240. The van der Waals surface area contributed by atoms with E-state index >= 15 is 0 Å². The van der Waals surface area contributed by atoms with Crippen molar-refractivity contribution in [2.45, 2.75) is 32.2 Å². The minimum Gasteiger partial charge on any atom is -0.325 e. The van der Waals surface area contributed by atoms with Crippen LogP contribution in [0.1, 0.15) is 26.2 Å². The number of fused-ring (bicyclic) bond motifs is 1. The SMILES string of the molecule is CC1CCCCN1CC(=O)Nc1ccc2[nH]c(=O)[nH]c2c1. The number of carbonyl (C=O) groups excluding carboxylic acids is 1. The molecule has 0 aliphatic carbocycles. The molecule has 0 bridgehead atoms. The summed E-state index contributed by atoms with van der Waals surface area (Å²) in [5.41, 5.74) is 1.90. The summed E-state index contributed by atoms with van der Waals surface area (Å²) >= 11 is 0. The van der Waals surface area contributed by atoms with E-state index in [0.29, 0.717) is 23.8 Å². The zero-order chi connectivity index (χ0) is 14.8. The van der Waals surface area contributed by atoms with E-state index in [4.69, 9.17) is 0 Å². The van der Waals surface area contributed by atoms with E-state index in [0.717, 1.165) is 24.9 Å². The summed E-state index contributed by atoms with van der Waals surface area (Å²) in [6, 6.07) is 5.81. The largest absolute Gasteiger partial charge is 0.325 e. The molecular weight excluding hydrogens is 268 g/mol. The van der Waals surface area contributed by atoms with Gasteiger partial charge in [0.15, 0.2) is 0 Å². The summed E-state index contributed by atoms with van der Waals surface area (Å²) < 4.78 is 0. The molecule has 1 fully saturated rings. The van der Waals surface area contributed by atoms with Gasteiger partial charge in [-0.05, 0) is 44.5 Å². The zero-order valence-electron chi connectivity index (χ0n) is 12.1. The quantitative estimate of drug-likeness (QED) is 0.803. The molecule has 0 spiro atoms. The molecule has 1 aromatic carbocycles. The predicted octanol–water partition coefficient (Wildman–Crippen LogP) is 1.67. The Morgan fingerprint density at radius 1 is 1.33 bits per heavy atom. The Balaban J connectivity index is 1.66. The number of nitrogens with one attached hydrogen (secondary N) is 3. The number of carbonyl (C=O) groups is 1. The van der Waals surface area contributed by atoms with Crippen molar-refractivity contribution in [2.24, 2.45) is 0 Å². The second-order valence-electron chi connectivity index (χ2n) is 5.70. The van der Waals surface area contributed by atoms with Crippen LogP contribution < -0.4 is 11.0 Å². The first-order chi connectivity index (χ1) is 10.1. The summed E-state index contributed by atoms with van der Waals surface area (Å²) in [6.07, 6.45) is 3.56. The number of hydrogen-bond donors (Lipinski definition) is 3. The van der Waals surface area contributed by atoms with E-state index in [2.05, 4.69) is 27.1 Å². The van der Waals surface area contributed by atoms with Crippen LogP contribution in [0.15, 0.2) is 23.0 Å². The van der Waals surface area contributed by atoms with Crippen LogP contribution in [-0.4, -0.2) is 39.9 Å². The van der Waals surface area contributed by atoms with Gasteiger partial charge in [0.05, 0.1) is 17.6 Å². The third-order valence-corrected chi connectivity index (χ3v) is 4.09. The number of nitrogens with zero attached hydrogens (tertiary/aromatic N) is 1. The predicted molar refractivity (Wildman–Crippen MR) is 82.4 cm³/mol. The molecule has 0 saturated carbocycles. The molecule has 6 nitrogen and oxygen atoms in total. The van der Waals surface area contributed by atoms with Crippen molar-refractivity contribution in [3.63, 3.8) is 0 Å². The highest BCUT2D eigenvalue weighted by Gasteiger charge is 2.20. The van der Waals surface area contributed by atoms with Gasteiger partial charge in [0.1, 0.15) is 0 Å². The van der Waals surface area contributed by atoms with Crippen molar-refractivity contribution >= 4 is 22.6 Å². The van der Waals surface area contributed by atoms with Gasteiger partial charge in [0.25, 0.3) is 0 Å². The molecule has 2 heterocycles. The third kappa shape index (κ3) is 3.16. The Kier molecular flexibility index (Phi) is 3.79. The summed E-state index contributed by atoms with van der Waals surface area (Å²) in [5, 5.41) is 2.89. The number of aromatic amines is 2. The van der Waals surface area contributed by atoms with Gasteiger partial charge < -0.3 is 15.3 Å². The summed E-state index contributed by atoms with van der Waals surface area (Å²) in [5.74, 6) is -0.0130. The molecule has 1 saturated heterocycles. The van der Waals surface area contributed by atoms with Gasteiger partial charge in [-0.25, -0.2) is 4.79 Å². The number of amides is 1. The van der Waals surface area contributed by atoms with Crippen LogP contribution >= 0.6 is 0 Å². The first kappa shape index (κ1) is 13.9. The average Bonchev–Trinajstić information content (AvgIpc) is 2.80. The molecule has 1 aliphatic rings. The highest BCUT2D eigenvalue weighted by atomic mass is 16.2. The number of likely N-dealkylation sites (tertiary alicyclic amines) is 1. The van der Waals surface area contributed by atoms with E-state index in [1.54, 1.807) is 18.2 Å². The lowest BCUT2D eigenvalue weighted by Gasteiger charge is -2.32. The molecule has 112 valence electrons. The fourth-order valence-corrected chi connectivity index (χ4v) is 2.89. The number of aromatic nitrogens is 2. The number of hydrogen-bond acceptors (Lipinski definition) is 3. The van der Waals surface area contributed by atoms with Gasteiger partial charge in [-0.3, -0.25) is 9.69 Å². The van der Waals surface area contributed by atoms with E-state index < -0.39 is 0 Å². The summed E-state index contributed by atoms with van der Waals surface area (Å²) in [7, 11) is 0. The van der Waals surface area contributed by atoms with E-state index in [1.165, 1.54) is 6.42 Å². The van der Waals surface area contributed by atoms with Crippen molar-refractivity contribution in [2.75, 3.05) is 18.4 Å². The molecule has 1 amide bonds. The number of rotatable bonds is 3. The number of benzene rings is 1. The Hall–Kier alpha value is -2.08. The monoisotopic (exact) mass is 288 g/mol. The van der Waals surface area contributed by atoms with Crippen molar-refractivity contribution in [3.8, 4) is 0 Å². The maximum absolute atomic E-state index is 12.1. The van der Waals surface area contributed by atoms with Crippen LogP contribution in [0.25, 0.3) is 11.0 Å². The van der Waals surface area contributed by atoms with Gasteiger partial charge in [-0.15, -0.1) is 0 Å². The second kappa shape index (κ2) is 5.73. The number of imidazole rings is 1. The first-order valence-electron chi connectivity index (χ1n) is 7.38. The highest BCUT2D eigenvalue weighted by Crippen LogP contribution is 2.17. The average molecular weight is 288 g/mol. The Labute approximate surface area is 122 Å². The lowest BCUT2D eigenvalue weighted by atomic mass is 10.0. The van der Waals surface area contributed by atoms with Crippen molar-refractivity contribution in [1.82, 2.24) is 14.9 Å². The molecule has 0 radical (unpaired) electrons. The van der Waals surface area contributed by atoms with Gasteiger partial charge in [0, 0.05) is 11.7 Å². The fraction of sp³-hybridized carbons (Fsp3) is 0.467. The normalized spacial score (nSPS) is 19.8. The van der Waals surface area contributed by atoms with Crippen LogP contribution in [0.4, 0.5) is 5.69 Å². The van der Waals surface area contributed by atoms with E-state index in [1.807, 2.05) is 0 Å². The maximum Gasteiger partial charge on any atom is 0.323 e. The Bertz CT molecular complexity index is 703. The number of anilines is 1. The molecule has 1 aromatic heterocycles. The molecular formula is C15H20N4O2. The van der Waals surface area contributed by atoms with Gasteiger partial charge in [-0.1, -0.05) is 6.42 Å². The van der Waals surface area contributed by atoms with Crippen LogP contribution in [-0.2, 0) is 4.79 Å². The van der Waals surface area contributed by atoms with Gasteiger partial charge >= 0.3 is 5.69 Å². The standard InChI is InChI=1S/C15H20N4O2/c1-10-4-2-3-7-19(10)9-14(20)16-11-5-6-12-13(8-11)18-15(21)17-12/h5-6,8,10H,2-4,7,9H2,1H3,(H,16,20)(H2,17,18,21).